The first-order valence-corrected chi connectivity index (χ1v) is 11.2. The molecule has 0 aliphatic rings. The number of hydrogen-bond acceptors (Lipinski definition) is 2. The molecule has 0 aromatic heterocycles. The van der Waals surface area contributed by atoms with Gasteiger partial charge in [0.05, 0.1) is 0 Å². The van der Waals surface area contributed by atoms with E-state index in [1.54, 1.807) is 18.2 Å². The van der Waals surface area contributed by atoms with E-state index in [1.165, 1.54) is 0 Å². The highest BCUT2D eigenvalue weighted by Crippen LogP contribution is 2.36. The largest absolute Gasteiger partial charge is 0.489 e. The van der Waals surface area contributed by atoms with E-state index in [1.807, 2.05) is 93.3 Å². The zero-order valence-electron chi connectivity index (χ0n) is 22.4. The molecule has 32 heavy (non-hydrogen) atoms. The molecule has 3 aromatic rings. The van der Waals surface area contributed by atoms with Crippen LogP contribution in [0, 0.1) is 6.85 Å². The minimum atomic E-state index is -2.26. The van der Waals surface area contributed by atoms with Crippen molar-refractivity contribution in [3.8, 4) is 5.75 Å². The number of ether oxygens (including phenoxy) is 1. The summed E-state index contributed by atoms with van der Waals surface area (Å²) in [6.45, 7) is 6.14. The van der Waals surface area contributed by atoms with Gasteiger partial charge in [-0.2, -0.15) is 0 Å². The lowest BCUT2D eigenvalue weighted by molar-refractivity contribution is -0.135. The summed E-state index contributed by atoms with van der Waals surface area (Å²) in [5.74, 6) is 0.262. The summed E-state index contributed by atoms with van der Waals surface area (Å²) in [7, 11) is 0. The van der Waals surface area contributed by atoms with Crippen molar-refractivity contribution in [2.75, 3.05) is 0 Å². The Hall–Kier alpha value is -3.07. The second-order valence-electron chi connectivity index (χ2n) is 8.68. The van der Waals surface area contributed by atoms with Crippen LogP contribution < -0.4 is 4.74 Å². The van der Waals surface area contributed by atoms with Crippen LogP contribution in [0.2, 0.25) is 0 Å². The summed E-state index contributed by atoms with van der Waals surface area (Å²) >= 11 is 0. The van der Waals surface area contributed by atoms with Crippen molar-refractivity contribution in [2.45, 2.75) is 65.6 Å². The van der Waals surface area contributed by atoms with Crippen molar-refractivity contribution in [3.05, 3.63) is 101 Å². The summed E-state index contributed by atoms with van der Waals surface area (Å²) < 4.78 is 30.1. The number of benzene rings is 3. The van der Waals surface area contributed by atoms with Gasteiger partial charge in [-0.05, 0) is 51.7 Å². The van der Waals surface area contributed by atoms with Crippen LogP contribution in [0.25, 0.3) is 0 Å². The van der Waals surface area contributed by atoms with Gasteiger partial charge >= 0.3 is 0 Å². The number of hydrogen-bond donors (Lipinski definition) is 0. The molecule has 0 N–H and O–H groups in total. The van der Waals surface area contributed by atoms with Gasteiger partial charge in [-0.25, -0.2) is 0 Å². The molecule has 0 heterocycles. The molecule has 0 bridgehead atoms. The maximum Gasteiger partial charge on any atom is 0.223 e. The number of carbonyl (C=O) groups excluding carboxylic acids is 1. The van der Waals surface area contributed by atoms with Crippen molar-refractivity contribution in [1.29, 1.82) is 0 Å². The monoisotopic (exact) mass is 432 g/mol. The molecule has 3 aromatic carbocycles. The molecule has 0 aliphatic carbocycles. The van der Waals surface area contributed by atoms with Crippen LogP contribution in [0.3, 0.4) is 0 Å². The molecule has 1 amide bonds. The number of nitrogens with zero attached hydrogens (tertiary/aromatic N) is 1. The Labute approximate surface area is 197 Å². The minimum Gasteiger partial charge on any atom is -0.489 e. The Balaban J connectivity index is 2.07. The van der Waals surface area contributed by atoms with Gasteiger partial charge < -0.3 is 9.64 Å². The Morgan fingerprint density at radius 2 is 1.53 bits per heavy atom. The maximum atomic E-state index is 13.5. The quantitative estimate of drug-likeness (QED) is 0.375. The van der Waals surface area contributed by atoms with Crippen LogP contribution in [0.4, 0.5) is 0 Å². The van der Waals surface area contributed by atoms with Crippen molar-refractivity contribution < 1.29 is 13.6 Å². The van der Waals surface area contributed by atoms with E-state index >= 15 is 0 Å². The topological polar surface area (TPSA) is 29.5 Å². The lowest BCUT2D eigenvalue weighted by Gasteiger charge is -2.32. The number of amides is 1. The molecule has 3 rings (SSSR count). The molecule has 0 spiro atoms. The minimum absolute atomic E-state index is 0.0251. The summed E-state index contributed by atoms with van der Waals surface area (Å²) in [5, 5.41) is 0. The molecule has 1 atom stereocenters. The van der Waals surface area contributed by atoms with E-state index in [9.17, 15) is 4.79 Å². The molecule has 168 valence electrons. The fraction of sp³-hybridized carbons (Fsp3) is 0.345. The first-order valence-electron chi connectivity index (χ1n) is 12.7. The summed E-state index contributed by atoms with van der Waals surface area (Å²) in [6, 6.07) is 24.7. The van der Waals surface area contributed by atoms with E-state index < -0.39 is 6.85 Å². The van der Waals surface area contributed by atoms with Crippen LogP contribution in [0.15, 0.2) is 78.9 Å². The average molecular weight is 433 g/mol. The second kappa shape index (κ2) is 11.0. The first kappa shape index (κ1) is 19.6. The molecular formula is C29H35NO2. The van der Waals surface area contributed by atoms with Crippen molar-refractivity contribution >= 4 is 5.91 Å². The van der Waals surface area contributed by atoms with E-state index in [2.05, 4.69) is 0 Å². The molecule has 0 saturated heterocycles. The van der Waals surface area contributed by atoms with Gasteiger partial charge in [0.15, 0.2) is 0 Å². The molecule has 0 saturated carbocycles. The third-order valence-corrected chi connectivity index (χ3v) is 5.60. The average Bonchev–Trinajstić information content (AvgIpc) is 2.81. The Morgan fingerprint density at radius 3 is 2.12 bits per heavy atom. The smallest absolute Gasteiger partial charge is 0.223 e. The summed E-state index contributed by atoms with van der Waals surface area (Å²) in [6.07, 6.45) is 0.215. The first-order chi connectivity index (χ1) is 16.6. The summed E-state index contributed by atoms with van der Waals surface area (Å²) in [4.78, 5) is 15.4. The number of rotatable bonds is 9. The van der Waals surface area contributed by atoms with E-state index in [0.717, 1.165) is 11.1 Å². The predicted molar refractivity (Wildman–Crippen MR) is 132 cm³/mol. The number of aryl methyl sites for hydroxylation is 1. The molecule has 3 nitrogen and oxygen atoms in total. The second-order valence-corrected chi connectivity index (χ2v) is 8.68. The van der Waals surface area contributed by atoms with Crippen molar-refractivity contribution in [1.82, 2.24) is 4.90 Å². The van der Waals surface area contributed by atoms with E-state index in [0.29, 0.717) is 17.9 Å². The lowest BCUT2D eigenvalue weighted by atomic mass is 9.86. The van der Waals surface area contributed by atoms with Gasteiger partial charge in [0.2, 0.25) is 5.91 Å². The highest BCUT2D eigenvalue weighted by Gasteiger charge is 2.27. The van der Waals surface area contributed by atoms with Gasteiger partial charge in [0.25, 0.3) is 0 Å². The zero-order chi connectivity index (χ0) is 25.6. The van der Waals surface area contributed by atoms with E-state index in [-0.39, 0.29) is 35.9 Å². The van der Waals surface area contributed by atoms with Gasteiger partial charge in [-0.1, -0.05) is 78.4 Å². The zero-order valence-corrected chi connectivity index (χ0v) is 19.4. The van der Waals surface area contributed by atoms with Crippen LogP contribution in [0.1, 0.15) is 66.4 Å². The highest BCUT2D eigenvalue weighted by molar-refractivity contribution is 5.78. The van der Waals surface area contributed by atoms with Gasteiger partial charge in [-0.3, -0.25) is 4.79 Å². The van der Waals surface area contributed by atoms with E-state index in [4.69, 9.17) is 8.85 Å². The van der Waals surface area contributed by atoms with Crippen LogP contribution >= 0.6 is 0 Å². The number of carbonyl (C=O) groups is 1. The van der Waals surface area contributed by atoms with Crippen molar-refractivity contribution in [2.24, 2.45) is 0 Å². The molecule has 0 aliphatic heterocycles. The summed E-state index contributed by atoms with van der Waals surface area (Å²) in [5.41, 5.74) is 2.90. The van der Waals surface area contributed by atoms with Gasteiger partial charge in [0, 0.05) is 34.1 Å². The molecule has 0 unspecified atom stereocenters. The Kier molecular flexibility index (Phi) is 6.73. The Morgan fingerprint density at radius 1 is 0.906 bits per heavy atom. The standard InChI is InChI=1S/C29H35NO2/c1-21(2)30(22(3)4)29(31)19-26(25-14-10-7-11-15-25)27-18-23(5)16-17-28(27)32-20-24-12-8-6-9-13-24/h6-18,21-22,26H,19-20H2,1-5H3/t26-/m1/s1/i5D3. The van der Waals surface area contributed by atoms with Gasteiger partial charge in [0.1, 0.15) is 12.4 Å². The van der Waals surface area contributed by atoms with Crippen LogP contribution in [-0.4, -0.2) is 22.9 Å². The third kappa shape index (κ3) is 6.00. The molecule has 3 heteroatoms. The van der Waals surface area contributed by atoms with Gasteiger partial charge in [-0.15, -0.1) is 0 Å². The van der Waals surface area contributed by atoms with Crippen LogP contribution in [0.5, 0.6) is 5.75 Å². The normalized spacial score (nSPS) is 13.9. The molecule has 0 fully saturated rings. The third-order valence-electron chi connectivity index (χ3n) is 5.60. The highest BCUT2D eigenvalue weighted by atomic mass is 16.5. The fourth-order valence-electron chi connectivity index (χ4n) is 4.23. The SMILES string of the molecule is [2H]C([2H])([2H])c1ccc(OCc2ccccc2)c([C@H](CC(=O)N(C(C)C)C(C)C)c2ccccc2)c1. The molecular weight excluding hydrogens is 394 g/mol. The lowest BCUT2D eigenvalue weighted by Crippen LogP contribution is -2.42. The maximum absolute atomic E-state index is 13.5. The van der Waals surface area contributed by atoms with Crippen LogP contribution in [-0.2, 0) is 11.4 Å². The molecule has 0 radical (unpaired) electrons. The Bertz CT molecular complexity index is 1090. The van der Waals surface area contributed by atoms with Crippen molar-refractivity contribution in [3.63, 3.8) is 0 Å². The predicted octanol–water partition coefficient (Wildman–Crippen LogP) is 6.74. The fourth-order valence-corrected chi connectivity index (χ4v) is 4.23.